The molecule has 0 spiro atoms. The van der Waals surface area contributed by atoms with Crippen LogP contribution in [-0.2, 0) is 0 Å². The molecule has 2 heterocycles. The Morgan fingerprint density at radius 2 is 1.92 bits per heavy atom. The van der Waals surface area contributed by atoms with E-state index in [-0.39, 0.29) is 6.17 Å². The van der Waals surface area contributed by atoms with Gasteiger partial charge in [0.15, 0.2) is 6.17 Å². The predicted octanol–water partition coefficient (Wildman–Crippen LogP) is 4.85. The normalized spacial score (nSPS) is 15.3. The quantitative estimate of drug-likeness (QED) is 0.745. The molecule has 4 nitrogen and oxygen atoms in total. The highest BCUT2D eigenvalue weighted by molar-refractivity contribution is 5.82. The third-order valence-corrected chi connectivity index (χ3v) is 4.65. The fourth-order valence-corrected chi connectivity index (χ4v) is 3.68. The first-order valence-corrected chi connectivity index (χ1v) is 8.74. The van der Waals surface area contributed by atoms with E-state index >= 15 is 0 Å². The minimum atomic E-state index is -0.0830. The molecule has 128 valence electrons. The Morgan fingerprint density at radius 1 is 1.12 bits per heavy atom. The smallest absolute Gasteiger partial charge is 0.150 e. The molecule has 25 heavy (non-hydrogen) atoms. The van der Waals surface area contributed by atoms with Crippen LogP contribution in [0.25, 0.3) is 11.3 Å². The Kier molecular flexibility index (Phi) is 3.75. The van der Waals surface area contributed by atoms with Crippen LogP contribution in [0.5, 0.6) is 5.75 Å². The van der Waals surface area contributed by atoms with Gasteiger partial charge in [-0.15, -0.1) is 0 Å². The lowest BCUT2D eigenvalue weighted by Crippen LogP contribution is -2.26. The van der Waals surface area contributed by atoms with Crippen LogP contribution in [0.4, 0.5) is 5.69 Å². The van der Waals surface area contributed by atoms with Crippen molar-refractivity contribution in [2.24, 2.45) is 0 Å². The molecule has 0 saturated heterocycles. The van der Waals surface area contributed by atoms with E-state index in [2.05, 4.69) is 48.1 Å². The Hall–Kier alpha value is -2.75. The molecule has 0 saturated carbocycles. The van der Waals surface area contributed by atoms with E-state index < -0.39 is 0 Å². The van der Waals surface area contributed by atoms with Crippen LogP contribution in [0.1, 0.15) is 35.5 Å². The molecule has 0 aliphatic carbocycles. The lowest BCUT2D eigenvalue weighted by atomic mass is 9.98. The molecule has 3 aromatic rings. The summed E-state index contributed by atoms with van der Waals surface area (Å²) >= 11 is 0. The number of nitrogens with zero attached hydrogens (tertiary/aromatic N) is 2. The molecule has 0 fully saturated rings. The molecule has 1 aliphatic rings. The molecule has 4 rings (SSSR count). The lowest BCUT2D eigenvalue weighted by Gasteiger charge is -2.31. The van der Waals surface area contributed by atoms with E-state index in [9.17, 15) is 0 Å². The first kappa shape index (κ1) is 15.8. The standard InChI is InChI=1S/C21H23N3O/c1-5-25-19-9-7-6-8-16(19)21-22-20-14(3)10-13(2)11-17(20)18-12-15(4)23-24(18)21/h6-12,21-22H,5H2,1-4H3/t21-/m1/s1. The van der Waals surface area contributed by atoms with Gasteiger partial charge in [0.1, 0.15) is 5.75 Å². The SMILES string of the molecule is CCOc1ccccc1[C@@H]1Nc2c(C)cc(C)cc2-c2cc(C)nn21. The molecule has 0 amide bonds. The summed E-state index contributed by atoms with van der Waals surface area (Å²) in [6.07, 6.45) is -0.0830. The number of aryl methyl sites for hydroxylation is 3. The van der Waals surface area contributed by atoms with Gasteiger partial charge in [0, 0.05) is 16.8 Å². The van der Waals surface area contributed by atoms with Gasteiger partial charge >= 0.3 is 0 Å². The fraction of sp³-hybridized carbons (Fsp3) is 0.286. The lowest BCUT2D eigenvalue weighted by molar-refractivity contribution is 0.332. The number of hydrogen-bond donors (Lipinski definition) is 1. The summed E-state index contributed by atoms with van der Waals surface area (Å²) in [7, 11) is 0. The fourth-order valence-electron chi connectivity index (χ4n) is 3.68. The van der Waals surface area contributed by atoms with Crippen molar-refractivity contribution < 1.29 is 4.74 Å². The van der Waals surface area contributed by atoms with Gasteiger partial charge in [0.05, 0.1) is 18.0 Å². The maximum atomic E-state index is 5.87. The summed E-state index contributed by atoms with van der Waals surface area (Å²) in [6, 6.07) is 14.8. The highest BCUT2D eigenvalue weighted by atomic mass is 16.5. The van der Waals surface area contributed by atoms with Crippen molar-refractivity contribution in [3.8, 4) is 17.0 Å². The van der Waals surface area contributed by atoms with Gasteiger partial charge in [0.2, 0.25) is 0 Å². The van der Waals surface area contributed by atoms with Gasteiger partial charge in [-0.3, -0.25) is 0 Å². The molecule has 1 aromatic heterocycles. The molecular formula is C21H23N3O. The van der Waals surface area contributed by atoms with E-state index in [1.165, 1.54) is 22.4 Å². The minimum absolute atomic E-state index is 0.0830. The van der Waals surface area contributed by atoms with Gasteiger partial charge < -0.3 is 10.1 Å². The van der Waals surface area contributed by atoms with Gasteiger partial charge in [-0.25, -0.2) is 4.68 Å². The van der Waals surface area contributed by atoms with Gasteiger partial charge in [0.25, 0.3) is 0 Å². The van der Waals surface area contributed by atoms with E-state index in [1.54, 1.807) is 0 Å². The zero-order chi connectivity index (χ0) is 17.6. The molecular weight excluding hydrogens is 310 g/mol. The summed E-state index contributed by atoms with van der Waals surface area (Å²) < 4.78 is 7.95. The number of benzene rings is 2. The molecule has 2 aromatic carbocycles. The second kappa shape index (κ2) is 5.96. The van der Waals surface area contributed by atoms with Crippen LogP contribution < -0.4 is 10.1 Å². The number of aromatic nitrogens is 2. The van der Waals surface area contributed by atoms with Crippen molar-refractivity contribution in [1.29, 1.82) is 0 Å². The Balaban J connectivity index is 1.92. The van der Waals surface area contributed by atoms with E-state index in [4.69, 9.17) is 9.84 Å². The van der Waals surface area contributed by atoms with Crippen LogP contribution in [0.15, 0.2) is 42.5 Å². The van der Waals surface area contributed by atoms with Gasteiger partial charge in [-0.2, -0.15) is 5.10 Å². The Labute approximate surface area is 148 Å². The number of rotatable bonds is 3. The Bertz CT molecular complexity index is 942. The number of para-hydroxylation sites is 1. The van der Waals surface area contributed by atoms with Crippen LogP contribution in [0.2, 0.25) is 0 Å². The third-order valence-electron chi connectivity index (χ3n) is 4.65. The topological polar surface area (TPSA) is 39.1 Å². The second-order valence-corrected chi connectivity index (χ2v) is 6.64. The van der Waals surface area contributed by atoms with Gasteiger partial charge in [-0.1, -0.05) is 29.8 Å². The zero-order valence-electron chi connectivity index (χ0n) is 15.1. The highest BCUT2D eigenvalue weighted by Crippen LogP contribution is 2.42. The van der Waals surface area contributed by atoms with Crippen molar-refractivity contribution in [3.05, 3.63) is 64.8 Å². The monoisotopic (exact) mass is 333 g/mol. The van der Waals surface area contributed by atoms with Crippen LogP contribution in [0.3, 0.4) is 0 Å². The van der Waals surface area contributed by atoms with Gasteiger partial charge in [-0.05, 0) is 51.5 Å². The number of anilines is 1. The van der Waals surface area contributed by atoms with Crippen LogP contribution in [0, 0.1) is 20.8 Å². The summed E-state index contributed by atoms with van der Waals surface area (Å²) in [5, 5.41) is 8.46. The van der Waals surface area contributed by atoms with Crippen molar-refractivity contribution in [3.63, 3.8) is 0 Å². The van der Waals surface area contributed by atoms with E-state index in [0.717, 1.165) is 22.7 Å². The molecule has 0 radical (unpaired) electrons. The second-order valence-electron chi connectivity index (χ2n) is 6.64. The number of fused-ring (bicyclic) bond motifs is 3. The van der Waals surface area contributed by atoms with Crippen molar-refractivity contribution >= 4 is 5.69 Å². The predicted molar refractivity (Wildman–Crippen MR) is 101 cm³/mol. The highest BCUT2D eigenvalue weighted by Gasteiger charge is 2.29. The zero-order valence-corrected chi connectivity index (χ0v) is 15.1. The summed E-state index contributed by atoms with van der Waals surface area (Å²) in [4.78, 5) is 0. The van der Waals surface area contributed by atoms with Crippen molar-refractivity contribution in [1.82, 2.24) is 9.78 Å². The first-order chi connectivity index (χ1) is 12.1. The molecule has 0 unspecified atom stereocenters. The largest absolute Gasteiger partial charge is 0.493 e. The minimum Gasteiger partial charge on any atom is -0.493 e. The first-order valence-electron chi connectivity index (χ1n) is 8.74. The van der Waals surface area contributed by atoms with Crippen molar-refractivity contribution in [2.45, 2.75) is 33.9 Å². The summed E-state index contributed by atoms with van der Waals surface area (Å²) in [6.45, 7) is 8.99. The third kappa shape index (κ3) is 2.58. The number of hydrogen-bond acceptors (Lipinski definition) is 3. The molecule has 1 aliphatic heterocycles. The molecule has 1 N–H and O–H groups in total. The number of nitrogens with one attached hydrogen (secondary N) is 1. The molecule has 0 bridgehead atoms. The molecule has 4 heteroatoms. The Morgan fingerprint density at radius 3 is 2.72 bits per heavy atom. The van der Waals surface area contributed by atoms with Crippen molar-refractivity contribution in [2.75, 3.05) is 11.9 Å². The maximum absolute atomic E-state index is 5.87. The van der Waals surface area contributed by atoms with E-state index in [1.807, 2.05) is 32.0 Å². The number of ether oxygens (including phenoxy) is 1. The summed E-state index contributed by atoms with van der Waals surface area (Å²) in [5.74, 6) is 0.898. The van der Waals surface area contributed by atoms with Crippen LogP contribution in [-0.4, -0.2) is 16.4 Å². The summed E-state index contributed by atoms with van der Waals surface area (Å²) in [5.41, 5.74) is 8.16. The molecule has 1 atom stereocenters. The average Bonchev–Trinajstić information content (AvgIpc) is 2.97. The van der Waals surface area contributed by atoms with E-state index in [0.29, 0.717) is 6.61 Å². The maximum Gasteiger partial charge on any atom is 0.150 e. The van der Waals surface area contributed by atoms with Crippen LogP contribution >= 0.6 is 0 Å². The average molecular weight is 333 g/mol.